The highest BCUT2D eigenvalue weighted by Gasteiger charge is 2.19. The maximum atomic E-state index is 12.3. The largest absolute Gasteiger partial charge is 0.342 e. The Labute approximate surface area is 148 Å². The fourth-order valence-electron chi connectivity index (χ4n) is 3.18. The van der Waals surface area contributed by atoms with E-state index in [-0.39, 0.29) is 5.91 Å². The van der Waals surface area contributed by atoms with Crippen LogP contribution in [0.4, 0.5) is 0 Å². The standard InChI is InChI=1S/C19H24N4O2/c1-15-13-16(2)23(20-15)18-6-3-17(4-7-18)5-8-19(25)22-11-9-21(14-24)10-12-22/h3-4,6-7,13-14H,5,8-12H2,1-2H3. The number of aromatic nitrogens is 2. The van der Waals surface area contributed by atoms with E-state index in [1.807, 2.05) is 35.6 Å². The van der Waals surface area contributed by atoms with Gasteiger partial charge in [-0.3, -0.25) is 9.59 Å². The summed E-state index contributed by atoms with van der Waals surface area (Å²) in [5, 5.41) is 4.49. The molecule has 0 saturated carbocycles. The van der Waals surface area contributed by atoms with Crippen molar-refractivity contribution in [3.05, 3.63) is 47.3 Å². The van der Waals surface area contributed by atoms with E-state index >= 15 is 0 Å². The third kappa shape index (κ3) is 4.07. The number of aryl methyl sites for hydroxylation is 3. The molecule has 1 aromatic heterocycles. The Kier molecular flexibility index (Phi) is 5.16. The van der Waals surface area contributed by atoms with Crippen molar-refractivity contribution in [3.8, 4) is 5.69 Å². The van der Waals surface area contributed by atoms with Crippen LogP contribution in [0.3, 0.4) is 0 Å². The van der Waals surface area contributed by atoms with Crippen molar-refractivity contribution in [2.45, 2.75) is 26.7 Å². The molecule has 132 valence electrons. The van der Waals surface area contributed by atoms with E-state index < -0.39 is 0 Å². The van der Waals surface area contributed by atoms with Gasteiger partial charge in [0.05, 0.1) is 11.4 Å². The first kappa shape index (κ1) is 17.2. The monoisotopic (exact) mass is 340 g/mol. The lowest BCUT2D eigenvalue weighted by Crippen LogP contribution is -2.48. The maximum Gasteiger partial charge on any atom is 0.223 e. The molecule has 0 unspecified atom stereocenters. The Morgan fingerprint density at radius 3 is 2.36 bits per heavy atom. The molecular weight excluding hydrogens is 316 g/mol. The van der Waals surface area contributed by atoms with Gasteiger partial charge in [0.15, 0.2) is 0 Å². The number of piperazine rings is 1. The van der Waals surface area contributed by atoms with Crippen LogP contribution in [0.5, 0.6) is 0 Å². The van der Waals surface area contributed by atoms with Gasteiger partial charge in [-0.1, -0.05) is 12.1 Å². The topological polar surface area (TPSA) is 58.4 Å². The van der Waals surface area contributed by atoms with Gasteiger partial charge in [-0.15, -0.1) is 0 Å². The van der Waals surface area contributed by atoms with Crippen LogP contribution < -0.4 is 0 Å². The number of hydrogen-bond donors (Lipinski definition) is 0. The summed E-state index contributed by atoms with van der Waals surface area (Å²) in [6, 6.07) is 10.3. The average Bonchev–Trinajstić information content (AvgIpc) is 2.98. The van der Waals surface area contributed by atoms with E-state index in [4.69, 9.17) is 0 Å². The number of nitrogens with zero attached hydrogens (tertiary/aromatic N) is 4. The number of carbonyl (C=O) groups excluding carboxylic acids is 2. The van der Waals surface area contributed by atoms with Crippen molar-refractivity contribution in [1.29, 1.82) is 0 Å². The zero-order valence-corrected chi connectivity index (χ0v) is 14.8. The minimum Gasteiger partial charge on any atom is -0.342 e. The maximum absolute atomic E-state index is 12.3. The third-order valence-electron chi connectivity index (χ3n) is 4.63. The van der Waals surface area contributed by atoms with Gasteiger partial charge in [-0.25, -0.2) is 4.68 Å². The van der Waals surface area contributed by atoms with E-state index in [0.717, 1.165) is 35.5 Å². The van der Waals surface area contributed by atoms with E-state index in [1.54, 1.807) is 4.90 Å². The number of benzene rings is 1. The predicted molar refractivity (Wildman–Crippen MR) is 95.6 cm³/mol. The first-order valence-electron chi connectivity index (χ1n) is 8.66. The van der Waals surface area contributed by atoms with Gasteiger partial charge in [-0.2, -0.15) is 5.10 Å². The molecule has 0 spiro atoms. The third-order valence-corrected chi connectivity index (χ3v) is 4.63. The van der Waals surface area contributed by atoms with E-state index in [2.05, 4.69) is 23.3 Å². The van der Waals surface area contributed by atoms with E-state index in [1.165, 1.54) is 0 Å². The molecule has 2 heterocycles. The van der Waals surface area contributed by atoms with Crippen LogP contribution in [0.15, 0.2) is 30.3 Å². The van der Waals surface area contributed by atoms with Crippen LogP contribution in [0.25, 0.3) is 5.69 Å². The number of rotatable bonds is 5. The summed E-state index contributed by atoms with van der Waals surface area (Å²) in [6.07, 6.45) is 2.08. The minimum atomic E-state index is 0.160. The normalized spacial score (nSPS) is 14.6. The Bertz CT molecular complexity index is 743. The molecule has 2 amide bonds. The van der Waals surface area contributed by atoms with Crippen LogP contribution in [0.1, 0.15) is 23.4 Å². The van der Waals surface area contributed by atoms with E-state index in [9.17, 15) is 9.59 Å². The molecule has 0 atom stereocenters. The highest BCUT2D eigenvalue weighted by molar-refractivity contribution is 5.76. The predicted octanol–water partition coefficient (Wildman–Crippen LogP) is 1.72. The molecule has 3 rings (SSSR count). The molecule has 1 aliphatic heterocycles. The first-order chi connectivity index (χ1) is 12.1. The SMILES string of the molecule is Cc1cc(C)n(-c2ccc(CCC(=O)N3CCN(C=O)CC3)cc2)n1. The molecule has 1 saturated heterocycles. The first-order valence-corrected chi connectivity index (χ1v) is 8.66. The van der Waals surface area contributed by atoms with Crippen LogP contribution >= 0.6 is 0 Å². The van der Waals surface area contributed by atoms with Gasteiger partial charge in [0.1, 0.15) is 0 Å². The van der Waals surface area contributed by atoms with Gasteiger partial charge in [0.25, 0.3) is 0 Å². The lowest BCUT2D eigenvalue weighted by atomic mass is 10.1. The highest BCUT2D eigenvalue weighted by Crippen LogP contribution is 2.14. The molecule has 0 bridgehead atoms. The van der Waals surface area contributed by atoms with Crippen molar-refractivity contribution < 1.29 is 9.59 Å². The molecule has 6 heteroatoms. The summed E-state index contributed by atoms with van der Waals surface area (Å²) in [7, 11) is 0. The fraction of sp³-hybridized carbons (Fsp3) is 0.421. The van der Waals surface area contributed by atoms with Crippen molar-refractivity contribution >= 4 is 12.3 Å². The van der Waals surface area contributed by atoms with Gasteiger partial charge >= 0.3 is 0 Å². The summed E-state index contributed by atoms with van der Waals surface area (Å²) in [4.78, 5) is 26.6. The zero-order valence-electron chi connectivity index (χ0n) is 14.8. The van der Waals surface area contributed by atoms with Crippen molar-refractivity contribution in [2.75, 3.05) is 26.2 Å². The fourth-order valence-corrected chi connectivity index (χ4v) is 3.18. The molecule has 0 N–H and O–H groups in total. The van der Waals surface area contributed by atoms with Gasteiger partial charge in [0.2, 0.25) is 12.3 Å². The molecule has 6 nitrogen and oxygen atoms in total. The Hall–Kier alpha value is -2.63. The second-order valence-electron chi connectivity index (χ2n) is 6.53. The lowest BCUT2D eigenvalue weighted by Gasteiger charge is -2.32. The van der Waals surface area contributed by atoms with Gasteiger partial charge < -0.3 is 9.80 Å². The van der Waals surface area contributed by atoms with Crippen LogP contribution in [-0.2, 0) is 16.0 Å². The quantitative estimate of drug-likeness (QED) is 0.779. The molecule has 2 aromatic rings. The van der Waals surface area contributed by atoms with Crippen molar-refractivity contribution in [1.82, 2.24) is 19.6 Å². The molecular formula is C19H24N4O2. The summed E-state index contributed by atoms with van der Waals surface area (Å²) in [5.41, 5.74) is 4.28. The summed E-state index contributed by atoms with van der Waals surface area (Å²) in [6.45, 7) is 6.55. The lowest BCUT2D eigenvalue weighted by molar-refractivity contribution is -0.135. The van der Waals surface area contributed by atoms with Crippen LogP contribution in [0, 0.1) is 13.8 Å². The second-order valence-corrected chi connectivity index (χ2v) is 6.53. The van der Waals surface area contributed by atoms with Crippen LogP contribution in [0.2, 0.25) is 0 Å². The highest BCUT2D eigenvalue weighted by atomic mass is 16.2. The molecule has 25 heavy (non-hydrogen) atoms. The van der Waals surface area contributed by atoms with Gasteiger partial charge in [0, 0.05) is 38.3 Å². The Morgan fingerprint density at radius 2 is 1.80 bits per heavy atom. The smallest absolute Gasteiger partial charge is 0.223 e. The second kappa shape index (κ2) is 7.51. The van der Waals surface area contributed by atoms with Crippen LogP contribution in [-0.4, -0.2) is 58.1 Å². The molecule has 1 aliphatic rings. The summed E-state index contributed by atoms with van der Waals surface area (Å²) >= 11 is 0. The molecule has 1 aromatic carbocycles. The average molecular weight is 340 g/mol. The molecule has 0 aliphatic carbocycles. The van der Waals surface area contributed by atoms with Gasteiger partial charge in [-0.05, 0) is 44.0 Å². The van der Waals surface area contributed by atoms with E-state index in [0.29, 0.717) is 32.6 Å². The Balaban J connectivity index is 1.54. The Morgan fingerprint density at radius 1 is 1.12 bits per heavy atom. The number of hydrogen-bond acceptors (Lipinski definition) is 3. The zero-order chi connectivity index (χ0) is 17.8. The molecule has 1 fully saturated rings. The van der Waals surface area contributed by atoms with Crippen molar-refractivity contribution in [3.63, 3.8) is 0 Å². The van der Waals surface area contributed by atoms with Crippen molar-refractivity contribution in [2.24, 2.45) is 0 Å². The summed E-state index contributed by atoms with van der Waals surface area (Å²) < 4.78 is 1.93. The molecule has 0 radical (unpaired) electrons. The minimum absolute atomic E-state index is 0.160. The number of amides is 2. The number of carbonyl (C=O) groups is 2. The summed E-state index contributed by atoms with van der Waals surface area (Å²) in [5.74, 6) is 0.160.